The molecule has 0 fully saturated rings. The van der Waals surface area contributed by atoms with Crippen LogP contribution in [0.25, 0.3) is 11.0 Å². The van der Waals surface area contributed by atoms with E-state index in [4.69, 9.17) is 10.7 Å². The number of hydrogen-bond donors (Lipinski definition) is 1. The molecule has 1 aliphatic rings. The normalized spacial score (nSPS) is 13.6. The van der Waals surface area contributed by atoms with Gasteiger partial charge in [-0.1, -0.05) is 38.0 Å². The third-order valence-electron chi connectivity index (χ3n) is 4.71. The Bertz CT molecular complexity index is 932. The van der Waals surface area contributed by atoms with Crippen molar-refractivity contribution in [2.45, 2.75) is 39.3 Å². The highest BCUT2D eigenvalue weighted by Crippen LogP contribution is 2.34. The third kappa shape index (κ3) is 2.54. The van der Waals surface area contributed by atoms with Crippen molar-refractivity contribution in [1.29, 1.82) is 0 Å². The van der Waals surface area contributed by atoms with Crippen molar-refractivity contribution in [3.63, 3.8) is 0 Å². The van der Waals surface area contributed by atoms with Crippen molar-refractivity contribution in [1.82, 2.24) is 14.8 Å². The second kappa shape index (κ2) is 6.20. The van der Waals surface area contributed by atoms with Crippen LogP contribution in [0, 0.1) is 0 Å². The Labute approximate surface area is 146 Å². The van der Waals surface area contributed by atoms with Crippen LogP contribution in [0.2, 0.25) is 0 Å². The molecular formula is C19H21N5O. The number of unbranched alkanes of at least 4 members (excludes halogenated alkanes) is 2. The minimum Gasteiger partial charge on any atom is -0.397 e. The number of nitrogens with zero attached hydrogens (tertiary/aromatic N) is 4. The first-order valence-electron chi connectivity index (χ1n) is 8.71. The lowest BCUT2D eigenvalue weighted by Gasteiger charge is -2.14. The topological polar surface area (TPSA) is 77.0 Å². The van der Waals surface area contributed by atoms with Crippen LogP contribution in [0.3, 0.4) is 0 Å². The molecule has 6 nitrogen and oxygen atoms in total. The third-order valence-corrected chi connectivity index (χ3v) is 4.71. The van der Waals surface area contributed by atoms with E-state index < -0.39 is 0 Å². The summed E-state index contributed by atoms with van der Waals surface area (Å²) < 4.78 is 1.90. The van der Waals surface area contributed by atoms with Crippen molar-refractivity contribution in [2.75, 3.05) is 10.6 Å². The monoisotopic (exact) mass is 335 g/mol. The molecule has 0 saturated carbocycles. The quantitative estimate of drug-likeness (QED) is 0.725. The number of fused-ring (bicyclic) bond motifs is 2. The zero-order valence-electron chi connectivity index (χ0n) is 14.3. The van der Waals surface area contributed by atoms with Gasteiger partial charge in [0.15, 0.2) is 5.65 Å². The predicted molar refractivity (Wildman–Crippen MR) is 98.4 cm³/mol. The predicted octanol–water partition coefficient (Wildman–Crippen LogP) is 3.36. The zero-order valence-corrected chi connectivity index (χ0v) is 14.3. The number of aryl methyl sites for hydroxylation is 1. The number of carbonyl (C=O) groups is 1. The maximum atomic E-state index is 12.9. The number of aromatic nitrogens is 3. The summed E-state index contributed by atoms with van der Waals surface area (Å²) in [4.78, 5) is 19.3. The van der Waals surface area contributed by atoms with Gasteiger partial charge in [-0.3, -0.25) is 4.79 Å². The van der Waals surface area contributed by atoms with Gasteiger partial charge in [0.25, 0.3) is 5.91 Å². The Hall–Kier alpha value is -2.89. The van der Waals surface area contributed by atoms with Gasteiger partial charge >= 0.3 is 0 Å². The summed E-state index contributed by atoms with van der Waals surface area (Å²) in [6.45, 7) is 3.44. The van der Waals surface area contributed by atoms with Gasteiger partial charge < -0.3 is 10.6 Å². The fourth-order valence-electron chi connectivity index (χ4n) is 3.36. The van der Waals surface area contributed by atoms with Gasteiger partial charge in [0.05, 0.1) is 35.1 Å². The maximum Gasteiger partial charge on any atom is 0.262 e. The highest BCUT2D eigenvalue weighted by atomic mass is 16.2. The van der Waals surface area contributed by atoms with Gasteiger partial charge in [-0.2, -0.15) is 5.10 Å². The molecule has 0 spiro atoms. The number of hydrogen-bond acceptors (Lipinski definition) is 4. The van der Waals surface area contributed by atoms with Crippen molar-refractivity contribution in [2.24, 2.45) is 0 Å². The SMILES string of the molecule is CCCCCn1ncc2c(N)c3c(nc21)CN(c1ccccc1)C3=O. The lowest BCUT2D eigenvalue weighted by molar-refractivity contribution is 0.0997. The highest BCUT2D eigenvalue weighted by molar-refractivity contribution is 6.16. The first-order valence-corrected chi connectivity index (χ1v) is 8.71. The van der Waals surface area contributed by atoms with Crippen LogP contribution < -0.4 is 10.6 Å². The largest absolute Gasteiger partial charge is 0.397 e. The standard InChI is InChI=1S/C19H21N5O/c1-2-3-7-10-24-18-14(11-21-24)17(20)16-15(22-18)12-23(19(16)25)13-8-5-4-6-9-13/h4-6,8-9,11H,2-3,7,10,12H2,1H3,(H2,20,22). The summed E-state index contributed by atoms with van der Waals surface area (Å²) >= 11 is 0. The number of carbonyl (C=O) groups excluding carboxylic acids is 1. The smallest absolute Gasteiger partial charge is 0.262 e. The Morgan fingerprint density at radius 1 is 1.20 bits per heavy atom. The number of nitrogen functional groups attached to an aromatic ring is 1. The van der Waals surface area contributed by atoms with Crippen LogP contribution in [-0.4, -0.2) is 20.7 Å². The molecule has 0 saturated heterocycles. The van der Waals surface area contributed by atoms with Gasteiger partial charge in [0.2, 0.25) is 0 Å². The van der Waals surface area contributed by atoms with E-state index in [9.17, 15) is 4.79 Å². The fraction of sp³-hybridized carbons (Fsp3) is 0.316. The Morgan fingerprint density at radius 2 is 2.00 bits per heavy atom. The Kier molecular flexibility index (Phi) is 3.87. The Morgan fingerprint density at radius 3 is 2.76 bits per heavy atom. The molecule has 2 aromatic heterocycles. The van der Waals surface area contributed by atoms with Crippen molar-refractivity contribution in [3.05, 3.63) is 47.8 Å². The van der Waals surface area contributed by atoms with Crippen molar-refractivity contribution in [3.8, 4) is 0 Å². The summed E-state index contributed by atoms with van der Waals surface area (Å²) in [5.41, 5.74) is 9.70. The van der Waals surface area contributed by atoms with E-state index in [2.05, 4.69) is 12.0 Å². The van der Waals surface area contributed by atoms with Crippen molar-refractivity contribution < 1.29 is 4.79 Å². The van der Waals surface area contributed by atoms with Crippen LogP contribution in [0.5, 0.6) is 0 Å². The number of para-hydroxylation sites is 1. The van der Waals surface area contributed by atoms with E-state index >= 15 is 0 Å². The summed E-state index contributed by atoms with van der Waals surface area (Å²) in [6, 6.07) is 9.62. The molecule has 0 unspecified atom stereocenters. The molecule has 1 amide bonds. The Balaban J connectivity index is 1.74. The van der Waals surface area contributed by atoms with E-state index in [1.807, 2.05) is 35.0 Å². The van der Waals surface area contributed by atoms with Crippen LogP contribution >= 0.6 is 0 Å². The highest BCUT2D eigenvalue weighted by Gasteiger charge is 2.33. The number of benzene rings is 1. The zero-order chi connectivity index (χ0) is 17.4. The van der Waals surface area contributed by atoms with Crippen LogP contribution in [0.4, 0.5) is 11.4 Å². The molecule has 0 bridgehead atoms. The second-order valence-corrected chi connectivity index (χ2v) is 6.39. The molecule has 3 heterocycles. The molecule has 3 aromatic rings. The second-order valence-electron chi connectivity index (χ2n) is 6.39. The molecule has 1 aliphatic heterocycles. The lowest BCUT2D eigenvalue weighted by Crippen LogP contribution is -2.23. The molecule has 128 valence electrons. The lowest BCUT2D eigenvalue weighted by atomic mass is 10.1. The average Bonchev–Trinajstić information content (AvgIpc) is 3.18. The number of amides is 1. The number of anilines is 2. The van der Waals surface area contributed by atoms with E-state index in [1.165, 1.54) is 0 Å². The van der Waals surface area contributed by atoms with Gasteiger partial charge in [-0.15, -0.1) is 0 Å². The number of nitrogens with two attached hydrogens (primary N) is 1. The van der Waals surface area contributed by atoms with Gasteiger partial charge in [0, 0.05) is 12.2 Å². The van der Waals surface area contributed by atoms with Crippen LogP contribution in [-0.2, 0) is 13.1 Å². The van der Waals surface area contributed by atoms with Crippen LogP contribution in [0.15, 0.2) is 36.5 Å². The van der Waals surface area contributed by atoms with Gasteiger partial charge in [0.1, 0.15) is 0 Å². The first kappa shape index (κ1) is 15.6. The summed E-state index contributed by atoms with van der Waals surface area (Å²) in [5, 5.41) is 5.18. The van der Waals surface area contributed by atoms with Gasteiger partial charge in [-0.05, 0) is 18.6 Å². The summed E-state index contributed by atoms with van der Waals surface area (Å²) in [7, 11) is 0. The van der Waals surface area contributed by atoms with E-state index in [-0.39, 0.29) is 5.91 Å². The molecule has 1 aromatic carbocycles. The number of pyridine rings is 1. The van der Waals surface area contributed by atoms with E-state index in [1.54, 1.807) is 11.1 Å². The molecule has 6 heteroatoms. The average molecular weight is 335 g/mol. The molecule has 2 N–H and O–H groups in total. The fourth-order valence-corrected chi connectivity index (χ4v) is 3.36. The molecule has 0 atom stereocenters. The maximum absolute atomic E-state index is 12.9. The molecule has 4 rings (SSSR count). The van der Waals surface area contributed by atoms with E-state index in [0.29, 0.717) is 17.8 Å². The first-order chi connectivity index (χ1) is 12.2. The molecule has 0 radical (unpaired) electrons. The molecule has 25 heavy (non-hydrogen) atoms. The summed E-state index contributed by atoms with van der Waals surface area (Å²) in [6.07, 6.45) is 5.09. The minimum atomic E-state index is -0.0909. The van der Waals surface area contributed by atoms with Gasteiger partial charge in [-0.25, -0.2) is 9.67 Å². The molecule has 0 aliphatic carbocycles. The van der Waals surface area contributed by atoms with E-state index in [0.717, 1.165) is 48.2 Å². The van der Waals surface area contributed by atoms with Crippen molar-refractivity contribution >= 4 is 28.3 Å². The molecular weight excluding hydrogens is 314 g/mol. The summed E-state index contributed by atoms with van der Waals surface area (Å²) in [5.74, 6) is -0.0909. The van der Waals surface area contributed by atoms with Crippen LogP contribution in [0.1, 0.15) is 42.2 Å². The number of rotatable bonds is 5. The minimum absolute atomic E-state index is 0.0909.